The number of amides is 1. The maximum Gasteiger partial charge on any atom is 0.273 e. The Labute approximate surface area is 156 Å². The van der Waals surface area contributed by atoms with Crippen LogP contribution in [0.25, 0.3) is 11.0 Å². The van der Waals surface area contributed by atoms with Gasteiger partial charge < -0.3 is 14.5 Å². The first kappa shape index (κ1) is 17.6. The summed E-state index contributed by atoms with van der Waals surface area (Å²) in [6.07, 6.45) is 5.29. The number of pyridine rings is 1. The summed E-state index contributed by atoms with van der Waals surface area (Å²) in [5, 5.41) is 12.0. The second-order valence-corrected chi connectivity index (χ2v) is 7.07. The zero-order chi connectivity index (χ0) is 19.0. The molecule has 1 aliphatic heterocycles. The van der Waals surface area contributed by atoms with E-state index in [1.807, 2.05) is 38.3 Å². The van der Waals surface area contributed by atoms with Crippen molar-refractivity contribution >= 4 is 16.9 Å². The average Bonchev–Trinajstić information content (AvgIpc) is 3.28. The van der Waals surface area contributed by atoms with Crippen LogP contribution in [0.4, 0.5) is 0 Å². The van der Waals surface area contributed by atoms with Crippen molar-refractivity contribution in [3.63, 3.8) is 0 Å². The molecule has 0 aliphatic carbocycles. The molecular formula is C18H23N7O2. The highest BCUT2D eigenvalue weighted by molar-refractivity contribution is 5.94. The van der Waals surface area contributed by atoms with E-state index in [-0.39, 0.29) is 18.1 Å². The van der Waals surface area contributed by atoms with Gasteiger partial charge in [0, 0.05) is 37.3 Å². The number of aryl methyl sites for hydroxylation is 1. The number of nitrogens with one attached hydrogen (secondary N) is 1. The lowest BCUT2D eigenvalue weighted by atomic mass is 10.00. The third-order valence-electron chi connectivity index (χ3n) is 4.74. The molecule has 1 N–H and O–H groups in total. The van der Waals surface area contributed by atoms with E-state index in [2.05, 4.69) is 25.2 Å². The number of rotatable bonds is 4. The summed E-state index contributed by atoms with van der Waals surface area (Å²) in [7, 11) is 5.87. The van der Waals surface area contributed by atoms with Crippen molar-refractivity contribution in [3.8, 4) is 0 Å². The second kappa shape index (κ2) is 7.09. The van der Waals surface area contributed by atoms with Gasteiger partial charge in [0.25, 0.3) is 5.91 Å². The third-order valence-corrected chi connectivity index (χ3v) is 4.74. The van der Waals surface area contributed by atoms with Gasteiger partial charge in [-0.15, -0.1) is 0 Å². The van der Waals surface area contributed by atoms with Crippen LogP contribution in [0.15, 0.2) is 30.7 Å². The number of carbonyl (C=O) groups is 1. The Bertz CT molecular complexity index is 948. The maximum atomic E-state index is 13.3. The van der Waals surface area contributed by atoms with Crippen molar-refractivity contribution in [2.45, 2.75) is 12.1 Å². The summed E-state index contributed by atoms with van der Waals surface area (Å²) in [5.74, 6) is -0.118. The Hall–Kier alpha value is -2.78. The molecule has 0 bridgehead atoms. The van der Waals surface area contributed by atoms with Gasteiger partial charge in [0.2, 0.25) is 0 Å². The van der Waals surface area contributed by atoms with Gasteiger partial charge in [0.1, 0.15) is 5.69 Å². The fourth-order valence-electron chi connectivity index (χ4n) is 3.55. The molecule has 0 spiro atoms. The van der Waals surface area contributed by atoms with Gasteiger partial charge in [-0.05, 0) is 26.2 Å². The second-order valence-electron chi connectivity index (χ2n) is 7.07. The highest BCUT2D eigenvalue weighted by Crippen LogP contribution is 2.31. The molecule has 2 atom stereocenters. The quantitative estimate of drug-likeness (QED) is 0.733. The summed E-state index contributed by atoms with van der Waals surface area (Å²) in [4.78, 5) is 21.7. The minimum absolute atomic E-state index is 0.118. The van der Waals surface area contributed by atoms with Crippen molar-refractivity contribution in [2.24, 2.45) is 7.05 Å². The zero-order valence-corrected chi connectivity index (χ0v) is 15.7. The zero-order valence-electron chi connectivity index (χ0n) is 15.7. The number of aromatic nitrogens is 5. The third kappa shape index (κ3) is 3.43. The van der Waals surface area contributed by atoms with Crippen LogP contribution in [0.5, 0.6) is 0 Å². The summed E-state index contributed by atoms with van der Waals surface area (Å²) < 4.78 is 7.77. The topological polar surface area (TPSA) is 92.2 Å². The molecule has 9 nitrogen and oxygen atoms in total. The molecule has 1 aliphatic rings. The highest BCUT2D eigenvalue weighted by Gasteiger charge is 2.38. The lowest BCUT2D eigenvalue weighted by Crippen LogP contribution is -2.51. The molecule has 4 rings (SSSR count). The Balaban J connectivity index is 1.69. The van der Waals surface area contributed by atoms with E-state index in [0.29, 0.717) is 31.0 Å². The predicted molar refractivity (Wildman–Crippen MR) is 99.2 cm³/mol. The Morgan fingerprint density at radius 2 is 2.22 bits per heavy atom. The Kier molecular flexibility index (Phi) is 4.63. The molecule has 9 heteroatoms. The molecule has 3 aromatic heterocycles. The van der Waals surface area contributed by atoms with E-state index < -0.39 is 0 Å². The number of nitrogens with zero attached hydrogens (tertiary/aromatic N) is 6. The SMILES string of the molecule is CN(C)C[C@@H]1OCCN(C(=O)c2ccc3cn[nH]c3n2)[C@H]1c1cnn(C)c1. The number of aromatic amines is 1. The number of hydrogen-bond donors (Lipinski definition) is 1. The van der Waals surface area contributed by atoms with Gasteiger partial charge in [-0.25, -0.2) is 4.98 Å². The number of hydrogen-bond acceptors (Lipinski definition) is 6. The summed E-state index contributed by atoms with van der Waals surface area (Å²) in [6, 6.07) is 3.38. The summed E-state index contributed by atoms with van der Waals surface area (Å²) >= 11 is 0. The first-order chi connectivity index (χ1) is 13.0. The molecule has 0 saturated carbocycles. The van der Waals surface area contributed by atoms with Crippen LogP contribution in [0, 0.1) is 0 Å². The minimum atomic E-state index is -0.221. The van der Waals surface area contributed by atoms with Crippen molar-refractivity contribution in [1.82, 2.24) is 34.8 Å². The van der Waals surface area contributed by atoms with E-state index in [9.17, 15) is 4.79 Å². The van der Waals surface area contributed by atoms with Crippen LogP contribution in [-0.4, -0.2) is 80.6 Å². The molecule has 1 fully saturated rings. The maximum absolute atomic E-state index is 13.3. The Morgan fingerprint density at radius 3 is 2.96 bits per heavy atom. The van der Waals surface area contributed by atoms with E-state index in [0.717, 1.165) is 10.9 Å². The van der Waals surface area contributed by atoms with Gasteiger partial charge in [-0.1, -0.05) is 0 Å². The number of morpholine rings is 1. The van der Waals surface area contributed by atoms with Crippen LogP contribution < -0.4 is 0 Å². The fraction of sp³-hybridized carbons (Fsp3) is 0.444. The predicted octanol–water partition coefficient (Wildman–Crippen LogP) is 0.835. The Morgan fingerprint density at radius 1 is 1.37 bits per heavy atom. The summed E-state index contributed by atoms with van der Waals surface area (Å²) in [6.45, 7) is 1.70. The normalized spacial score (nSPS) is 20.5. The van der Waals surface area contributed by atoms with Gasteiger partial charge in [-0.2, -0.15) is 10.2 Å². The minimum Gasteiger partial charge on any atom is -0.373 e. The molecule has 1 saturated heterocycles. The molecule has 4 heterocycles. The molecule has 3 aromatic rings. The first-order valence-corrected chi connectivity index (χ1v) is 8.89. The highest BCUT2D eigenvalue weighted by atomic mass is 16.5. The number of likely N-dealkylation sites (N-methyl/N-ethyl adjacent to an activating group) is 1. The number of fused-ring (bicyclic) bond motifs is 1. The molecule has 0 aromatic carbocycles. The van der Waals surface area contributed by atoms with Crippen LogP contribution >= 0.6 is 0 Å². The number of H-pyrrole nitrogens is 1. The van der Waals surface area contributed by atoms with Crippen molar-refractivity contribution in [3.05, 3.63) is 42.0 Å². The van der Waals surface area contributed by atoms with Gasteiger partial charge in [0.15, 0.2) is 5.65 Å². The van der Waals surface area contributed by atoms with Gasteiger partial charge in [0.05, 0.1) is 31.1 Å². The number of carbonyl (C=O) groups excluding carboxylic acids is 1. The lowest BCUT2D eigenvalue weighted by Gasteiger charge is -2.41. The fourth-order valence-corrected chi connectivity index (χ4v) is 3.55. The van der Waals surface area contributed by atoms with Crippen molar-refractivity contribution < 1.29 is 9.53 Å². The molecule has 0 unspecified atom stereocenters. The molecule has 1 amide bonds. The smallest absolute Gasteiger partial charge is 0.273 e. The number of ether oxygens (including phenoxy) is 1. The van der Waals surface area contributed by atoms with Crippen LogP contribution in [0.2, 0.25) is 0 Å². The van der Waals surface area contributed by atoms with Gasteiger partial charge in [-0.3, -0.25) is 14.6 Å². The molecule has 27 heavy (non-hydrogen) atoms. The van der Waals surface area contributed by atoms with Crippen LogP contribution in [0.1, 0.15) is 22.1 Å². The van der Waals surface area contributed by atoms with E-state index in [4.69, 9.17) is 4.74 Å². The molecule has 0 radical (unpaired) electrons. The molecule has 142 valence electrons. The van der Waals surface area contributed by atoms with E-state index in [1.54, 1.807) is 23.1 Å². The molecular weight excluding hydrogens is 346 g/mol. The van der Waals surface area contributed by atoms with Crippen molar-refractivity contribution in [2.75, 3.05) is 33.8 Å². The summed E-state index contributed by atoms with van der Waals surface area (Å²) in [5.41, 5.74) is 1.96. The monoisotopic (exact) mass is 369 g/mol. The average molecular weight is 369 g/mol. The first-order valence-electron chi connectivity index (χ1n) is 8.89. The van der Waals surface area contributed by atoms with Crippen LogP contribution in [-0.2, 0) is 11.8 Å². The largest absolute Gasteiger partial charge is 0.373 e. The van der Waals surface area contributed by atoms with Crippen molar-refractivity contribution in [1.29, 1.82) is 0 Å². The standard InChI is InChI=1S/C18H23N7O2/c1-23(2)11-15-16(13-9-20-24(3)10-13)25(6-7-27-15)18(26)14-5-4-12-8-19-22-17(12)21-14/h4-5,8-10,15-16H,6-7,11H2,1-3H3,(H,19,21,22)/t15-,16-/m0/s1. The van der Waals surface area contributed by atoms with Crippen LogP contribution in [0.3, 0.4) is 0 Å². The van der Waals surface area contributed by atoms with E-state index >= 15 is 0 Å². The van der Waals surface area contributed by atoms with E-state index in [1.165, 1.54) is 0 Å². The van der Waals surface area contributed by atoms with Gasteiger partial charge >= 0.3 is 0 Å². The lowest BCUT2D eigenvalue weighted by molar-refractivity contribution is -0.0686.